The Bertz CT molecular complexity index is 635. The van der Waals surface area contributed by atoms with Crippen LogP contribution in [-0.4, -0.2) is 19.2 Å². The minimum atomic E-state index is -3.24. The fourth-order valence-corrected chi connectivity index (χ4v) is 2.26. The van der Waals surface area contributed by atoms with E-state index in [1.165, 1.54) is 6.07 Å². The van der Waals surface area contributed by atoms with Crippen LogP contribution in [0.4, 0.5) is 5.69 Å². The van der Waals surface area contributed by atoms with Crippen molar-refractivity contribution in [1.82, 2.24) is 4.98 Å². The van der Waals surface area contributed by atoms with Gasteiger partial charge in [-0.1, -0.05) is 6.92 Å². The van der Waals surface area contributed by atoms with Crippen molar-refractivity contribution < 1.29 is 8.42 Å². The zero-order valence-corrected chi connectivity index (χ0v) is 9.66. The lowest BCUT2D eigenvalue weighted by Gasteiger charge is -2.03. The van der Waals surface area contributed by atoms with Gasteiger partial charge in [0.15, 0.2) is 14.9 Å². The van der Waals surface area contributed by atoms with Gasteiger partial charge in [-0.15, -0.1) is 0 Å². The molecule has 5 heteroatoms. The average molecular weight is 236 g/mol. The molecule has 0 bridgehead atoms. The largest absolute Gasteiger partial charge is 0.399 e. The van der Waals surface area contributed by atoms with Gasteiger partial charge in [0.1, 0.15) is 0 Å². The third-order valence-corrected chi connectivity index (χ3v) is 4.01. The summed E-state index contributed by atoms with van der Waals surface area (Å²) in [5.41, 5.74) is 6.91. The zero-order chi connectivity index (χ0) is 11.8. The van der Waals surface area contributed by atoms with E-state index in [1.54, 1.807) is 31.2 Å². The molecule has 2 aromatic rings. The van der Waals surface area contributed by atoms with Crippen molar-refractivity contribution >= 4 is 26.4 Å². The van der Waals surface area contributed by atoms with E-state index < -0.39 is 9.84 Å². The molecule has 0 aliphatic carbocycles. The maximum absolute atomic E-state index is 11.6. The van der Waals surface area contributed by atoms with Crippen molar-refractivity contribution in [2.75, 3.05) is 11.5 Å². The summed E-state index contributed by atoms with van der Waals surface area (Å²) in [7, 11) is -3.24. The molecule has 0 aliphatic heterocycles. The monoisotopic (exact) mass is 236 g/mol. The van der Waals surface area contributed by atoms with Gasteiger partial charge in [-0.3, -0.25) is 0 Å². The fourth-order valence-electron chi connectivity index (χ4n) is 1.45. The van der Waals surface area contributed by atoms with Crippen LogP contribution in [0.3, 0.4) is 0 Å². The van der Waals surface area contributed by atoms with Crippen molar-refractivity contribution in [3.05, 3.63) is 30.3 Å². The first-order chi connectivity index (χ1) is 7.53. The number of aromatic nitrogens is 1. The van der Waals surface area contributed by atoms with Gasteiger partial charge in [0.25, 0.3) is 0 Å². The number of hydrogen-bond donors (Lipinski definition) is 1. The highest BCUT2D eigenvalue weighted by molar-refractivity contribution is 7.91. The van der Waals surface area contributed by atoms with E-state index in [1.807, 2.05) is 0 Å². The molecule has 0 unspecified atom stereocenters. The van der Waals surface area contributed by atoms with Crippen LogP contribution < -0.4 is 5.73 Å². The summed E-state index contributed by atoms with van der Waals surface area (Å²) >= 11 is 0. The Morgan fingerprint density at radius 3 is 2.69 bits per heavy atom. The molecule has 0 radical (unpaired) electrons. The summed E-state index contributed by atoms with van der Waals surface area (Å²) < 4.78 is 23.2. The molecule has 0 atom stereocenters. The first-order valence-corrected chi connectivity index (χ1v) is 6.57. The van der Waals surface area contributed by atoms with Gasteiger partial charge >= 0.3 is 0 Å². The zero-order valence-electron chi connectivity index (χ0n) is 8.84. The number of pyridine rings is 1. The maximum atomic E-state index is 11.6. The number of nitrogen functional groups attached to an aromatic ring is 1. The number of nitrogens with zero attached hydrogens (tertiary/aromatic N) is 1. The number of fused-ring (bicyclic) bond motifs is 1. The van der Waals surface area contributed by atoms with Crippen LogP contribution in [-0.2, 0) is 9.84 Å². The first kappa shape index (κ1) is 10.9. The van der Waals surface area contributed by atoms with Crippen molar-refractivity contribution in [2.45, 2.75) is 11.9 Å². The number of nitrogens with two attached hydrogens (primary N) is 1. The predicted molar refractivity (Wildman–Crippen MR) is 63.9 cm³/mol. The highest BCUT2D eigenvalue weighted by Gasteiger charge is 2.13. The lowest BCUT2D eigenvalue weighted by molar-refractivity contribution is 0.594. The van der Waals surface area contributed by atoms with Crippen molar-refractivity contribution in [3.8, 4) is 0 Å². The lowest BCUT2D eigenvalue weighted by atomic mass is 10.2. The third kappa shape index (κ3) is 1.86. The summed E-state index contributed by atoms with van der Waals surface area (Å²) in [6.45, 7) is 1.60. The molecule has 1 aromatic heterocycles. The summed E-state index contributed by atoms with van der Waals surface area (Å²) in [6.07, 6.45) is 0. The molecule has 16 heavy (non-hydrogen) atoms. The summed E-state index contributed by atoms with van der Waals surface area (Å²) in [4.78, 5) is 4.12. The van der Waals surface area contributed by atoms with Gasteiger partial charge < -0.3 is 5.73 Å². The van der Waals surface area contributed by atoms with E-state index in [9.17, 15) is 8.42 Å². The molecule has 84 valence electrons. The number of anilines is 1. The van der Waals surface area contributed by atoms with Crippen LogP contribution >= 0.6 is 0 Å². The van der Waals surface area contributed by atoms with Crippen molar-refractivity contribution in [3.63, 3.8) is 0 Å². The van der Waals surface area contributed by atoms with Crippen LogP contribution in [0.1, 0.15) is 6.92 Å². The predicted octanol–water partition coefficient (Wildman–Crippen LogP) is 1.61. The van der Waals surface area contributed by atoms with Crippen molar-refractivity contribution in [1.29, 1.82) is 0 Å². The highest BCUT2D eigenvalue weighted by atomic mass is 32.2. The molecule has 0 saturated heterocycles. The smallest absolute Gasteiger partial charge is 0.195 e. The minimum absolute atomic E-state index is 0.0560. The molecule has 0 amide bonds. The standard InChI is InChI=1S/C11H12N2O2S/c1-2-16(14,15)11-6-3-8-7-9(12)4-5-10(8)13-11/h3-7H,2,12H2,1H3. The average Bonchev–Trinajstić information content (AvgIpc) is 2.28. The number of rotatable bonds is 2. The second-order valence-corrected chi connectivity index (χ2v) is 5.73. The second-order valence-electron chi connectivity index (χ2n) is 3.51. The minimum Gasteiger partial charge on any atom is -0.399 e. The quantitative estimate of drug-likeness (QED) is 0.804. The first-order valence-electron chi connectivity index (χ1n) is 4.92. The Balaban J connectivity index is 2.66. The van der Waals surface area contributed by atoms with Crippen LogP contribution in [0.2, 0.25) is 0 Å². The van der Waals surface area contributed by atoms with Gasteiger partial charge in [0.2, 0.25) is 0 Å². The maximum Gasteiger partial charge on any atom is 0.195 e. The molecule has 1 aromatic carbocycles. The van der Waals surface area contributed by atoms with Gasteiger partial charge in [-0.05, 0) is 30.3 Å². The van der Waals surface area contributed by atoms with Crippen LogP contribution in [0.15, 0.2) is 35.4 Å². The molecule has 0 fully saturated rings. The second kappa shape index (κ2) is 3.75. The molecule has 2 N–H and O–H groups in total. The molecule has 0 aliphatic rings. The van der Waals surface area contributed by atoms with Gasteiger partial charge in [0, 0.05) is 11.1 Å². The molecule has 0 spiro atoms. The van der Waals surface area contributed by atoms with Crippen molar-refractivity contribution in [2.24, 2.45) is 0 Å². The summed E-state index contributed by atoms with van der Waals surface area (Å²) in [6, 6.07) is 8.43. The Morgan fingerprint density at radius 2 is 2.00 bits per heavy atom. The molecule has 0 saturated carbocycles. The van der Waals surface area contributed by atoms with E-state index >= 15 is 0 Å². The van der Waals surface area contributed by atoms with E-state index in [2.05, 4.69) is 4.98 Å². The van der Waals surface area contributed by atoms with Gasteiger partial charge in [-0.25, -0.2) is 13.4 Å². The number of sulfone groups is 1. The normalized spacial score (nSPS) is 11.8. The lowest BCUT2D eigenvalue weighted by Crippen LogP contribution is -2.05. The SMILES string of the molecule is CCS(=O)(=O)c1ccc2cc(N)ccc2n1. The van der Waals surface area contributed by atoms with E-state index in [4.69, 9.17) is 5.73 Å². The topological polar surface area (TPSA) is 73.0 Å². The van der Waals surface area contributed by atoms with E-state index in [0.29, 0.717) is 11.2 Å². The van der Waals surface area contributed by atoms with E-state index in [-0.39, 0.29) is 10.8 Å². The van der Waals surface area contributed by atoms with E-state index in [0.717, 1.165) is 5.39 Å². The van der Waals surface area contributed by atoms with Gasteiger partial charge in [-0.2, -0.15) is 0 Å². The Labute approximate surface area is 94.0 Å². The highest BCUT2D eigenvalue weighted by Crippen LogP contribution is 2.18. The van der Waals surface area contributed by atoms with Crippen LogP contribution in [0.25, 0.3) is 10.9 Å². The Hall–Kier alpha value is -1.62. The fraction of sp³-hybridized carbons (Fsp3) is 0.182. The molecular formula is C11H12N2O2S. The molecular weight excluding hydrogens is 224 g/mol. The number of benzene rings is 1. The summed E-state index contributed by atoms with van der Waals surface area (Å²) in [5.74, 6) is 0.0560. The van der Waals surface area contributed by atoms with Crippen LogP contribution in [0.5, 0.6) is 0 Å². The van der Waals surface area contributed by atoms with Crippen LogP contribution in [0, 0.1) is 0 Å². The molecule has 4 nitrogen and oxygen atoms in total. The third-order valence-electron chi connectivity index (χ3n) is 2.39. The number of hydrogen-bond acceptors (Lipinski definition) is 4. The Kier molecular flexibility index (Phi) is 2.55. The Morgan fingerprint density at radius 1 is 1.25 bits per heavy atom. The molecule has 2 rings (SSSR count). The molecule has 1 heterocycles. The van der Waals surface area contributed by atoms with Gasteiger partial charge in [0.05, 0.1) is 11.3 Å². The summed E-state index contributed by atoms with van der Waals surface area (Å²) in [5, 5.41) is 0.960.